The second-order valence-corrected chi connectivity index (χ2v) is 5.74. The summed E-state index contributed by atoms with van der Waals surface area (Å²) < 4.78 is 4.97. The Kier molecular flexibility index (Phi) is 6.02. The maximum absolute atomic E-state index is 11.9. The molecule has 0 aliphatic rings. The summed E-state index contributed by atoms with van der Waals surface area (Å²) in [6.45, 7) is 1.43. The Balaban J connectivity index is 1.88. The van der Waals surface area contributed by atoms with Gasteiger partial charge in [0.05, 0.1) is 11.6 Å². The molecule has 0 radical (unpaired) electrons. The summed E-state index contributed by atoms with van der Waals surface area (Å²) in [6.07, 6.45) is 0. The molecule has 0 fully saturated rings. The highest BCUT2D eigenvalue weighted by Crippen LogP contribution is 2.21. The molecule has 0 heterocycles. The Morgan fingerprint density at radius 2 is 1.87 bits per heavy atom. The standard InChI is InChI=1S/C17H15Cl2NO3/c1-11(14-7-2-3-8-15(14)19)20-16(21)10-23-17(22)12-5-4-6-13(18)9-12/h2-9,11H,10H2,1H3,(H,20,21)/t11-/m1/s1. The van der Waals surface area contributed by atoms with Gasteiger partial charge in [0.25, 0.3) is 5.91 Å². The molecule has 120 valence electrons. The molecule has 0 aliphatic heterocycles. The molecule has 2 rings (SSSR count). The van der Waals surface area contributed by atoms with E-state index in [1.807, 2.05) is 18.2 Å². The summed E-state index contributed by atoms with van der Waals surface area (Å²) in [5.41, 5.74) is 1.09. The molecule has 2 aromatic rings. The predicted octanol–water partition coefficient (Wildman–Crippen LogP) is 4.03. The smallest absolute Gasteiger partial charge is 0.338 e. The van der Waals surface area contributed by atoms with Crippen LogP contribution in [0, 0.1) is 0 Å². The summed E-state index contributed by atoms with van der Waals surface area (Å²) in [5, 5.41) is 3.72. The molecule has 1 atom stereocenters. The van der Waals surface area contributed by atoms with Crippen molar-refractivity contribution < 1.29 is 14.3 Å². The summed E-state index contributed by atoms with van der Waals surface area (Å²) in [4.78, 5) is 23.7. The topological polar surface area (TPSA) is 55.4 Å². The molecule has 23 heavy (non-hydrogen) atoms. The zero-order valence-corrected chi connectivity index (χ0v) is 13.9. The fourth-order valence-electron chi connectivity index (χ4n) is 2.02. The van der Waals surface area contributed by atoms with Crippen molar-refractivity contribution in [2.75, 3.05) is 6.61 Å². The van der Waals surface area contributed by atoms with Crippen LogP contribution in [0.3, 0.4) is 0 Å². The van der Waals surface area contributed by atoms with Crippen molar-refractivity contribution in [3.8, 4) is 0 Å². The Morgan fingerprint density at radius 3 is 2.57 bits per heavy atom. The van der Waals surface area contributed by atoms with E-state index in [2.05, 4.69) is 5.32 Å². The number of hydrogen-bond donors (Lipinski definition) is 1. The third-order valence-electron chi connectivity index (χ3n) is 3.14. The zero-order chi connectivity index (χ0) is 16.8. The van der Waals surface area contributed by atoms with E-state index in [0.29, 0.717) is 15.6 Å². The highest BCUT2D eigenvalue weighted by molar-refractivity contribution is 6.31. The van der Waals surface area contributed by atoms with Gasteiger partial charge in [-0.25, -0.2) is 4.79 Å². The molecular weight excluding hydrogens is 337 g/mol. The van der Waals surface area contributed by atoms with Gasteiger partial charge in [0.2, 0.25) is 0 Å². The fourth-order valence-corrected chi connectivity index (χ4v) is 2.51. The average molecular weight is 352 g/mol. The van der Waals surface area contributed by atoms with Crippen molar-refractivity contribution in [2.24, 2.45) is 0 Å². The van der Waals surface area contributed by atoms with Gasteiger partial charge in [-0.2, -0.15) is 0 Å². The van der Waals surface area contributed by atoms with E-state index in [9.17, 15) is 9.59 Å². The van der Waals surface area contributed by atoms with Gasteiger partial charge in [0, 0.05) is 10.0 Å². The number of benzene rings is 2. The number of esters is 1. The first-order chi connectivity index (χ1) is 11.0. The number of ether oxygens (including phenoxy) is 1. The van der Waals surface area contributed by atoms with Crippen LogP contribution in [0.25, 0.3) is 0 Å². The van der Waals surface area contributed by atoms with E-state index in [-0.39, 0.29) is 12.6 Å². The van der Waals surface area contributed by atoms with Gasteiger partial charge in [0.1, 0.15) is 0 Å². The van der Waals surface area contributed by atoms with Gasteiger partial charge >= 0.3 is 5.97 Å². The van der Waals surface area contributed by atoms with Gasteiger partial charge in [-0.1, -0.05) is 47.5 Å². The number of hydrogen-bond acceptors (Lipinski definition) is 3. The number of rotatable bonds is 5. The van der Waals surface area contributed by atoms with Gasteiger partial charge in [-0.05, 0) is 36.8 Å². The van der Waals surface area contributed by atoms with Gasteiger partial charge in [-0.15, -0.1) is 0 Å². The van der Waals surface area contributed by atoms with Gasteiger partial charge in [0.15, 0.2) is 6.61 Å². The summed E-state index contributed by atoms with van der Waals surface area (Å²) in [5.74, 6) is -1.01. The van der Waals surface area contributed by atoms with Crippen molar-refractivity contribution >= 4 is 35.1 Å². The monoisotopic (exact) mass is 351 g/mol. The maximum atomic E-state index is 11.9. The van der Waals surface area contributed by atoms with Crippen LogP contribution >= 0.6 is 23.2 Å². The minimum absolute atomic E-state index is 0.291. The van der Waals surface area contributed by atoms with E-state index in [1.54, 1.807) is 31.2 Å². The largest absolute Gasteiger partial charge is 0.452 e. The molecule has 0 spiro atoms. The third-order valence-corrected chi connectivity index (χ3v) is 3.72. The summed E-state index contributed by atoms with van der Waals surface area (Å²) in [6, 6.07) is 13.3. The second kappa shape index (κ2) is 7.99. The highest BCUT2D eigenvalue weighted by Gasteiger charge is 2.14. The Labute approximate surface area is 144 Å². The molecule has 2 aromatic carbocycles. The van der Waals surface area contributed by atoms with E-state index < -0.39 is 11.9 Å². The lowest BCUT2D eigenvalue weighted by Gasteiger charge is -2.15. The lowest BCUT2D eigenvalue weighted by molar-refractivity contribution is -0.124. The van der Waals surface area contributed by atoms with Crippen molar-refractivity contribution in [3.63, 3.8) is 0 Å². The normalized spacial score (nSPS) is 11.6. The predicted molar refractivity (Wildman–Crippen MR) is 89.7 cm³/mol. The molecule has 0 saturated carbocycles. The third kappa shape index (κ3) is 4.98. The molecular formula is C17H15Cl2NO3. The zero-order valence-electron chi connectivity index (χ0n) is 12.4. The number of halogens is 2. The lowest BCUT2D eigenvalue weighted by Crippen LogP contribution is -2.31. The number of amides is 1. The van der Waals surface area contributed by atoms with Gasteiger partial charge in [-0.3, -0.25) is 4.79 Å². The minimum Gasteiger partial charge on any atom is -0.452 e. The summed E-state index contributed by atoms with van der Waals surface area (Å²) >= 11 is 11.9. The Morgan fingerprint density at radius 1 is 1.13 bits per heavy atom. The van der Waals surface area contributed by atoms with Crippen LogP contribution in [-0.4, -0.2) is 18.5 Å². The van der Waals surface area contributed by atoms with Crippen LogP contribution in [0.2, 0.25) is 10.0 Å². The van der Waals surface area contributed by atoms with Crippen LogP contribution in [0.5, 0.6) is 0 Å². The van der Waals surface area contributed by atoms with Crippen LogP contribution in [0.15, 0.2) is 48.5 Å². The van der Waals surface area contributed by atoms with Crippen molar-refractivity contribution in [2.45, 2.75) is 13.0 Å². The first-order valence-electron chi connectivity index (χ1n) is 6.94. The molecule has 0 unspecified atom stereocenters. The van der Waals surface area contributed by atoms with Crippen LogP contribution in [0.4, 0.5) is 0 Å². The van der Waals surface area contributed by atoms with E-state index in [0.717, 1.165) is 5.56 Å². The fraction of sp³-hybridized carbons (Fsp3) is 0.176. The van der Waals surface area contributed by atoms with E-state index in [1.165, 1.54) is 6.07 Å². The first kappa shape index (κ1) is 17.3. The molecule has 0 aromatic heterocycles. The van der Waals surface area contributed by atoms with Crippen LogP contribution in [0.1, 0.15) is 28.9 Å². The van der Waals surface area contributed by atoms with Crippen molar-refractivity contribution in [3.05, 3.63) is 69.7 Å². The van der Waals surface area contributed by atoms with Crippen molar-refractivity contribution in [1.29, 1.82) is 0 Å². The van der Waals surface area contributed by atoms with Crippen LogP contribution < -0.4 is 5.32 Å². The number of carbonyl (C=O) groups excluding carboxylic acids is 2. The van der Waals surface area contributed by atoms with Crippen LogP contribution in [-0.2, 0) is 9.53 Å². The van der Waals surface area contributed by atoms with Crippen molar-refractivity contribution in [1.82, 2.24) is 5.32 Å². The summed E-state index contributed by atoms with van der Waals surface area (Å²) in [7, 11) is 0. The Hall–Kier alpha value is -2.04. The minimum atomic E-state index is -0.604. The molecule has 1 N–H and O–H groups in total. The molecule has 1 amide bonds. The maximum Gasteiger partial charge on any atom is 0.338 e. The lowest BCUT2D eigenvalue weighted by atomic mass is 10.1. The van der Waals surface area contributed by atoms with E-state index in [4.69, 9.17) is 27.9 Å². The first-order valence-corrected chi connectivity index (χ1v) is 7.69. The number of carbonyl (C=O) groups is 2. The molecule has 4 nitrogen and oxygen atoms in total. The quantitative estimate of drug-likeness (QED) is 0.827. The highest BCUT2D eigenvalue weighted by atomic mass is 35.5. The van der Waals surface area contributed by atoms with Gasteiger partial charge < -0.3 is 10.1 Å². The molecule has 0 aliphatic carbocycles. The molecule has 0 saturated heterocycles. The molecule has 6 heteroatoms. The Bertz CT molecular complexity index is 718. The second-order valence-electron chi connectivity index (χ2n) is 4.90. The molecule has 0 bridgehead atoms. The SMILES string of the molecule is C[C@@H](NC(=O)COC(=O)c1cccc(Cl)c1)c1ccccc1Cl. The van der Waals surface area contributed by atoms with E-state index >= 15 is 0 Å². The average Bonchev–Trinajstić information content (AvgIpc) is 2.53. The number of nitrogens with one attached hydrogen (secondary N) is 1.